The van der Waals surface area contributed by atoms with Gasteiger partial charge in [-0.3, -0.25) is 0 Å². The number of hydrogen-bond donors (Lipinski definition) is 1. The van der Waals surface area contributed by atoms with E-state index in [0.717, 1.165) is 18.5 Å². The molecule has 2 unspecified atom stereocenters. The molecule has 2 atom stereocenters. The third-order valence-electron chi connectivity index (χ3n) is 4.88. The molecule has 0 amide bonds. The maximum atomic E-state index is 3.60. The van der Waals surface area contributed by atoms with Crippen molar-refractivity contribution in [1.29, 1.82) is 0 Å². The number of aryl methyl sites for hydroxylation is 1. The van der Waals surface area contributed by atoms with Crippen LogP contribution in [0.25, 0.3) is 0 Å². The predicted molar refractivity (Wildman–Crippen MR) is 86.2 cm³/mol. The van der Waals surface area contributed by atoms with E-state index in [4.69, 9.17) is 0 Å². The highest BCUT2D eigenvalue weighted by Gasteiger charge is 2.24. The molecule has 2 fully saturated rings. The lowest BCUT2D eigenvalue weighted by atomic mass is 9.92. The minimum absolute atomic E-state index is 0.674. The third kappa shape index (κ3) is 3.17. The number of nitrogens with zero attached hydrogens (tertiary/aromatic N) is 1. The number of piperidine rings is 1. The van der Waals surface area contributed by atoms with Crippen molar-refractivity contribution in [2.24, 2.45) is 5.92 Å². The molecule has 110 valence electrons. The van der Waals surface area contributed by atoms with E-state index >= 15 is 0 Å². The van der Waals surface area contributed by atoms with Crippen molar-refractivity contribution in [1.82, 2.24) is 5.32 Å². The maximum Gasteiger partial charge on any atom is 0.0398 e. The summed E-state index contributed by atoms with van der Waals surface area (Å²) in [7, 11) is 0. The molecule has 0 spiro atoms. The zero-order chi connectivity index (χ0) is 14.1. The van der Waals surface area contributed by atoms with E-state index in [1.807, 2.05) is 0 Å². The summed E-state index contributed by atoms with van der Waals surface area (Å²) in [4.78, 5) is 2.60. The molecule has 0 bridgehead atoms. The fourth-order valence-corrected chi connectivity index (χ4v) is 3.46. The Morgan fingerprint density at radius 1 is 1.20 bits per heavy atom. The fourth-order valence-electron chi connectivity index (χ4n) is 3.46. The second kappa shape index (κ2) is 5.77. The summed E-state index contributed by atoms with van der Waals surface area (Å²) in [5.74, 6) is 0.878. The third-order valence-corrected chi connectivity index (χ3v) is 4.88. The zero-order valence-corrected chi connectivity index (χ0v) is 13.2. The van der Waals surface area contributed by atoms with Crippen molar-refractivity contribution in [3.63, 3.8) is 0 Å². The molecule has 3 rings (SSSR count). The molecule has 1 aromatic carbocycles. The molecule has 1 saturated carbocycles. The van der Waals surface area contributed by atoms with Crippen molar-refractivity contribution in [2.75, 3.05) is 11.4 Å². The van der Waals surface area contributed by atoms with E-state index in [1.54, 1.807) is 0 Å². The lowest BCUT2D eigenvalue weighted by molar-refractivity contribution is 0.377. The summed E-state index contributed by atoms with van der Waals surface area (Å²) in [6, 6.07) is 8.48. The van der Waals surface area contributed by atoms with Gasteiger partial charge < -0.3 is 10.2 Å². The van der Waals surface area contributed by atoms with E-state index in [0.29, 0.717) is 6.04 Å². The Balaban J connectivity index is 1.69. The molecule has 1 aromatic rings. The first-order valence-electron chi connectivity index (χ1n) is 8.23. The maximum absolute atomic E-state index is 3.60. The number of benzene rings is 1. The molecule has 2 heteroatoms. The molecule has 1 N–H and O–H groups in total. The van der Waals surface area contributed by atoms with Crippen LogP contribution in [0.4, 0.5) is 5.69 Å². The number of hydrogen-bond acceptors (Lipinski definition) is 2. The first kappa shape index (κ1) is 13.9. The van der Waals surface area contributed by atoms with Crippen molar-refractivity contribution < 1.29 is 0 Å². The van der Waals surface area contributed by atoms with Crippen molar-refractivity contribution in [3.05, 3.63) is 29.3 Å². The van der Waals surface area contributed by atoms with Crippen LogP contribution >= 0.6 is 0 Å². The number of nitrogens with one attached hydrogen (secondary N) is 1. The quantitative estimate of drug-likeness (QED) is 0.895. The molecular weight excluding hydrogens is 244 g/mol. The molecular formula is C18H28N2. The van der Waals surface area contributed by atoms with E-state index in [1.165, 1.54) is 49.0 Å². The average Bonchev–Trinajstić information content (AvgIpc) is 3.22. The van der Waals surface area contributed by atoms with Crippen LogP contribution in [0, 0.1) is 12.8 Å². The molecule has 1 aliphatic carbocycles. The lowest BCUT2D eigenvalue weighted by Crippen LogP contribution is -2.40. The van der Waals surface area contributed by atoms with E-state index < -0.39 is 0 Å². The van der Waals surface area contributed by atoms with Crippen LogP contribution in [0.15, 0.2) is 18.2 Å². The van der Waals surface area contributed by atoms with Crippen LogP contribution in [-0.4, -0.2) is 18.6 Å². The van der Waals surface area contributed by atoms with Gasteiger partial charge in [-0.2, -0.15) is 0 Å². The lowest BCUT2D eigenvalue weighted by Gasteiger charge is -2.39. The first-order chi connectivity index (χ1) is 9.63. The van der Waals surface area contributed by atoms with E-state index in [9.17, 15) is 0 Å². The summed E-state index contributed by atoms with van der Waals surface area (Å²) in [5, 5.41) is 3.60. The first-order valence-corrected chi connectivity index (χ1v) is 8.23. The SMILES string of the molecule is Cc1cc(CNC2CC2)ccc1N1CCC(C)CC1C. The largest absolute Gasteiger partial charge is 0.369 e. The van der Waals surface area contributed by atoms with Crippen LogP contribution < -0.4 is 10.2 Å². The normalized spacial score (nSPS) is 26.9. The van der Waals surface area contributed by atoms with Crippen molar-refractivity contribution in [3.8, 4) is 0 Å². The topological polar surface area (TPSA) is 15.3 Å². The minimum Gasteiger partial charge on any atom is -0.369 e. The summed E-state index contributed by atoms with van der Waals surface area (Å²) >= 11 is 0. The molecule has 1 heterocycles. The van der Waals surface area contributed by atoms with Gasteiger partial charge in [0.2, 0.25) is 0 Å². The van der Waals surface area contributed by atoms with Gasteiger partial charge in [0.1, 0.15) is 0 Å². The highest BCUT2D eigenvalue weighted by atomic mass is 15.2. The Kier molecular flexibility index (Phi) is 4.02. The zero-order valence-electron chi connectivity index (χ0n) is 13.2. The molecule has 20 heavy (non-hydrogen) atoms. The van der Waals surface area contributed by atoms with Gasteiger partial charge in [0.05, 0.1) is 0 Å². The second-order valence-corrected chi connectivity index (χ2v) is 6.95. The Hall–Kier alpha value is -1.02. The molecule has 0 radical (unpaired) electrons. The van der Waals surface area contributed by atoms with Gasteiger partial charge in [-0.25, -0.2) is 0 Å². The molecule has 1 aliphatic heterocycles. The predicted octanol–water partition coefficient (Wildman–Crippen LogP) is 3.87. The second-order valence-electron chi connectivity index (χ2n) is 6.95. The van der Waals surface area contributed by atoms with Gasteiger partial charge in [0, 0.05) is 30.9 Å². The van der Waals surface area contributed by atoms with E-state index in [2.05, 4.69) is 49.2 Å². The van der Waals surface area contributed by atoms with Crippen molar-refractivity contribution in [2.45, 2.75) is 65.1 Å². The Morgan fingerprint density at radius 2 is 2.00 bits per heavy atom. The van der Waals surface area contributed by atoms with Gasteiger partial charge in [-0.05, 0) is 62.6 Å². The number of anilines is 1. The van der Waals surface area contributed by atoms with Crippen LogP contribution in [0.3, 0.4) is 0 Å². The van der Waals surface area contributed by atoms with Crippen LogP contribution in [0.5, 0.6) is 0 Å². The van der Waals surface area contributed by atoms with Crippen LogP contribution in [0.2, 0.25) is 0 Å². The number of rotatable bonds is 4. The highest BCUT2D eigenvalue weighted by molar-refractivity contribution is 5.55. The summed E-state index contributed by atoms with van der Waals surface area (Å²) in [5.41, 5.74) is 4.30. The Labute approximate surface area is 123 Å². The smallest absolute Gasteiger partial charge is 0.0398 e. The molecule has 2 aliphatic rings. The Bertz CT molecular complexity index is 464. The highest BCUT2D eigenvalue weighted by Crippen LogP contribution is 2.30. The van der Waals surface area contributed by atoms with Gasteiger partial charge >= 0.3 is 0 Å². The van der Waals surface area contributed by atoms with E-state index in [-0.39, 0.29) is 0 Å². The van der Waals surface area contributed by atoms with Gasteiger partial charge in [0.25, 0.3) is 0 Å². The van der Waals surface area contributed by atoms with Gasteiger partial charge in [-0.15, -0.1) is 0 Å². The minimum atomic E-state index is 0.674. The summed E-state index contributed by atoms with van der Waals surface area (Å²) in [6.07, 6.45) is 5.38. The molecule has 1 saturated heterocycles. The monoisotopic (exact) mass is 272 g/mol. The Morgan fingerprint density at radius 3 is 2.65 bits per heavy atom. The van der Waals surface area contributed by atoms with Gasteiger partial charge in [-0.1, -0.05) is 19.1 Å². The fraction of sp³-hybridized carbons (Fsp3) is 0.667. The van der Waals surface area contributed by atoms with Crippen LogP contribution in [-0.2, 0) is 6.54 Å². The summed E-state index contributed by atoms with van der Waals surface area (Å²) < 4.78 is 0. The standard InChI is InChI=1S/C18H28N2/c1-13-8-9-20(15(3)10-13)18-7-4-16(11-14(18)2)12-19-17-5-6-17/h4,7,11,13,15,17,19H,5-6,8-10,12H2,1-3H3. The molecule has 2 nitrogen and oxygen atoms in total. The van der Waals surface area contributed by atoms with Crippen LogP contribution in [0.1, 0.15) is 50.7 Å². The van der Waals surface area contributed by atoms with Crippen molar-refractivity contribution >= 4 is 5.69 Å². The summed E-state index contributed by atoms with van der Waals surface area (Å²) in [6.45, 7) is 9.26. The molecule has 0 aromatic heterocycles. The van der Waals surface area contributed by atoms with Gasteiger partial charge in [0.15, 0.2) is 0 Å². The average molecular weight is 272 g/mol.